The minimum absolute atomic E-state index is 0.0264. The number of rotatable bonds is 5. The van der Waals surface area contributed by atoms with E-state index in [1.807, 2.05) is 37.3 Å². The zero-order valence-corrected chi connectivity index (χ0v) is 12.1. The molecular formula is C15H21NO2S. The van der Waals surface area contributed by atoms with Gasteiger partial charge in [0.15, 0.2) is 0 Å². The summed E-state index contributed by atoms with van der Waals surface area (Å²) in [6.07, 6.45) is 2.69. The Hall–Kier alpha value is -1.00. The lowest BCUT2D eigenvalue weighted by molar-refractivity contribution is -0.124. The molecule has 104 valence electrons. The first-order chi connectivity index (χ1) is 9.14. The van der Waals surface area contributed by atoms with Gasteiger partial charge in [-0.05, 0) is 37.5 Å². The summed E-state index contributed by atoms with van der Waals surface area (Å²) < 4.78 is -0.315. The van der Waals surface area contributed by atoms with Crippen LogP contribution in [0.25, 0.3) is 0 Å². The van der Waals surface area contributed by atoms with Gasteiger partial charge in [-0.2, -0.15) is 0 Å². The minimum atomic E-state index is -0.315. The van der Waals surface area contributed by atoms with E-state index in [0.717, 1.165) is 24.2 Å². The Morgan fingerprint density at radius 1 is 1.47 bits per heavy atom. The van der Waals surface area contributed by atoms with Crippen molar-refractivity contribution in [1.82, 2.24) is 5.32 Å². The minimum Gasteiger partial charge on any atom is -0.394 e. The van der Waals surface area contributed by atoms with E-state index in [2.05, 4.69) is 5.32 Å². The average Bonchev–Trinajstić information content (AvgIpc) is 2.87. The molecule has 3 nitrogen and oxygen atoms in total. The highest BCUT2D eigenvalue weighted by Crippen LogP contribution is 2.37. The fourth-order valence-corrected chi connectivity index (χ4v) is 3.57. The number of benzene rings is 1. The van der Waals surface area contributed by atoms with Gasteiger partial charge in [-0.25, -0.2) is 0 Å². The lowest BCUT2D eigenvalue weighted by Gasteiger charge is -2.25. The van der Waals surface area contributed by atoms with Gasteiger partial charge in [-0.3, -0.25) is 4.79 Å². The lowest BCUT2D eigenvalue weighted by atomic mass is 10.0. The highest BCUT2D eigenvalue weighted by atomic mass is 32.2. The molecule has 2 rings (SSSR count). The van der Waals surface area contributed by atoms with Crippen molar-refractivity contribution in [3.63, 3.8) is 0 Å². The largest absolute Gasteiger partial charge is 0.394 e. The first-order valence-electron chi connectivity index (χ1n) is 6.74. The fourth-order valence-electron chi connectivity index (χ4n) is 2.36. The van der Waals surface area contributed by atoms with Crippen LogP contribution in [0.3, 0.4) is 0 Å². The zero-order valence-electron chi connectivity index (χ0n) is 11.3. The van der Waals surface area contributed by atoms with Crippen molar-refractivity contribution in [3.05, 3.63) is 35.9 Å². The summed E-state index contributed by atoms with van der Waals surface area (Å²) in [5.41, 5.74) is 1.13. The molecule has 4 heteroatoms. The first kappa shape index (κ1) is 14.4. The van der Waals surface area contributed by atoms with Gasteiger partial charge in [0.25, 0.3) is 0 Å². The summed E-state index contributed by atoms with van der Waals surface area (Å²) in [5, 5.41) is 12.4. The Morgan fingerprint density at radius 2 is 2.21 bits per heavy atom. The van der Waals surface area contributed by atoms with Crippen LogP contribution in [-0.4, -0.2) is 34.2 Å². The van der Waals surface area contributed by atoms with Crippen LogP contribution in [0.15, 0.2) is 30.3 Å². The molecule has 1 aliphatic heterocycles. The molecule has 0 bridgehead atoms. The van der Waals surface area contributed by atoms with Crippen LogP contribution in [0, 0.1) is 0 Å². The normalized spacial score (nSPS) is 24.1. The van der Waals surface area contributed by atoms with Crippen LogP contribution >= 0.6 is 11.8 Å². The summed E-state index contributed by atoms with van der Waals surface area (Å²) in [5.74, 6) is 1.11. The lowest BCUT2D eigenvalue weighted by Crippen LogP contribution is -2.47. The van der Waals surface area contributed by atoms with E-state index in [1.165, 1.54) is 0 Å². The van der Waals surface area contributed by atoms with Gasteiger partial charge in [-0.1, -0.05) is 30.3 Å². The van der Waals surface area contributed by atoms with Crippen molar-refractivity contribution >= 4 is 17.7 Å². The maximum atomic E-state index is 12.3. The standard InChI is InChI=1S/C15H21NO2S/c1-15(8-5-9-19-15)14(18)16-13(11-17)10-12-6-3-2-4-7-12/h2-4,6-7,13,17H,5,8-11H2,1H3,(H,16,18)/t13-,15?/m0/s1. The van der Waals surface area contributed by atoms with Gasteiger partial charge in [0.05, 0.1) is 17.4 Å². The van der Waals surface area contributed by atoms with E-state index in [1.54, 1.807) is 11.8 Å². The fraction of sp³-hybridized carbons (Fsp3) is 0.533. The Balaban J connectivity index is 1.94. The number of amides is 1. The molecule has 1 fully saturated rings. The Kier molecular flexibility index (Phi) is 4.88. The van der Waals surface area contributed by atoms with Gasteiger partial charge >= 0.3 is 0 Å². The number of aliphatic hydroxyl groups excluding tert-OH is 1. The number of hydrogen-bond acceptors (Lipinski definition) is 3. The molecule has 1 heterocycles. The van der Waals surface area contributed by atoms with Crippen LogP contribution in [0.5, 0.6) is 0 Å². The monoisotopic (exact) mass is 279 g/mol. The number of thioether (sulfide) groups is 1. The topological polar surface area (TPSA) is 49.3 Å². The highest BCUT2D eigenvalue weighted by Gasteiger charge is 2.37. The molecule has 1 unspecified atom stereocenters. The van der Waals surface area contributed by atoms with Gasteiger partial charge in [0, 0.05) is 0 Å². The smallest absolute Gasteiger partial charge is 0.236 e. The molecule has 0 spiro atoms. The van der Waals surface area contributed by atoms with Crippen molar-refractivity contribution < 1.29 is 9.90 Å². The molecule has 1 amide bonds. The molecule has 0 saturated carbocycles. The van der Waals surface area contributed by atoms with Crippen LogP contribution < -0.4 is 5.32 Å². The SMILES string of the molecule is CC1(C(=O)N[C@H](CO)Cc2ccccc2)CCCS1. The van der Waals surface area contributed by atoms with Gasteiger partial charge in [0.2, 0.25) is 5.91 Å². The van der Waals surface area contributed by atoms with Crippen LogP contribution in [0.2, 0.25) is 0 Å². The second-order valence-corrected chi connectivity index (χ2v) is 6.82. The molecule has 19 heavy (non-hydrogen) atoms. The van der Waals surface area contributed by atoms with E-state index in [9.17, 15) is 9.90 Å². The second-order valence-electron chi connectivity index (χ2n) is 5.23. The predicted molar refractivity (Wildman–Crippen MR) is 79.3 cm³/mol. The van der Waals surface area contributed by atoms with Crippen molar-refractivity contribution in [2.75, 3.05) is 12.4 Å². The van der Waals surface area contributed by atoms with Gasteiger partial charge < -0.3 is 10.4 Å². The Morgan fingerprint density at radius 3 is 2.79 bits per heavy atom. The molecule has 0 aliphatic carbocycles. The molecule has 0 aromatic heterocycles. The number of nitrogens with one attached hydrogen (secondary N) is 1. The summed E-state index contributed by atoms with van der Waals surface area (Å²) in [6, 6.07) is 9.74. The van der Waals surface area contributed by atoms with Crippen molar-refractivity contribution in [2.45, 2.75) is 37.0 Å². The number of aliphatic hydroxyl groups is 1. The summed E-state index contributed by atoms with van der Waals surface area (Å²) in [7, 11) is 0. The highest BCUT2D eigenvalue weighted by molar-refractivity contribution is 8.01. The summed E-state index contributed by atoms with van der Waals surface area (Å²) >= 11 is 1.72. The van der Waals surface area contributed by atoms with Crippen molar-refractivity contribution in [1.29, 1.82) is 0 Å². The van der Waals surface area contributed by atoms with E-state index < -0.39 is 0 Å². The second kappa shape index (κ2) is 6.44. The Labute approximate surface area is 118 Å². The van der Waals surface area contributed by atoms with E-state index in [4.69, 9.17) is 0 Å². The molecule has 0 radical (unpaired) electrons. The molecule has 1 aromatic carbocycles. The molecular weight excluding hydrogens is 258 g/mol. The Bertz CT molecular complexity index is 415. The summed E-state index contributed by atoms with van der Waals surface area (Å²) in [4.78, 5) is 12.3. The number of carbonyl (C=O) groups excluding carboxylic acids is 1. The molecule has 1 aliphatic rings. The quantitative estimate of drug-likeness (QED) is 0.866. The third-order valence-electron chi connectivity index (χ3n) is 3.58. The molecule has 2 N–H and O–H groups in total. The molecule has 1 aromatic rings. The maximum absolute atomic E-state index is 12.3. The van der Waals surface area contributed by atoms with Crippen LogP contribution in [0.4, 0.5) is 0 Å². The zero-order chi connectivity index (χ0) is 13.7. The van der Waals surface area contributed by atoms with E-state index in [0.29, 0.717) is 6.42 Å². The maximum Gasteiger partial charge on any atom is 0.236 e. The average molecular weight is 279 g/mol. The predicted octanol–water partition coefficient (Wildman–Crippen LogP) is 1.99. The van der Waals surface area contributed by atoms with E-state index in [-0.39, 0.29) is 23.3 Å². The summed E-state index contributed by atoms with van der Waals surface area (Å²) in [6.45, 7) is 1.97. The van der Waals surface area contributed by atoms with Crippen molar-refractivity contribution in [2.24, 2.45) is 0 Å². The van der Waals surface area contributed by atoms with Crippen LogP contribution in [-0.2, 0) is 11.2 Å². The van der Waals surface area contributed by atoms with Gasteiger partial charge in [0.1, 0.15) is 0 Å². The number of carbonyl (C=O) groups is 1. The van der Waals surface area contributed by atoms with Gasteiger partial charge in [-0.15, -0.1) is 11.8 Å². The van der Waals surface area contributed by atoms with Crippen LogP contribution in [0.1, 0.15) is 25.3 Å². The van der Waals surface area contributed by atoms with Crippen molar-refractivity contribution in [3.8, 4) is 0 Å². The third kappa shape index (κ3) is 3.74. The first-order valence-corrected chi connectivity index (χ1v) is 7.72. The number of hydrogen-bond donors (Lipinski definition) is 2. The third-order valence-corrected chi connectivity index (χ3v) is 5.10. The van der Waals surface area contributed by atoms with E-state index >= 15 is 0 Å². The molecule has 2 atom stereocenters. The molecule has 1 saturated heterocycles.